The van der Waals surface area contributed by atoms with Crippen LogP contribution in [-0.4, -0.2) is 57.2 Å². The van der Waals surface area contributed by atoms with Crippen LogP contribution in [0.25, 0.3) is 6.08 Å². The molecule has 3 rings (SSSR count). The van der Waals surface area contributed by atoms with Gasteiger partial charge in [-0.2, -0.15) is 0 Å². The minimum absolute atomic E-state index is 0.00703. The van der Waals surface area contributed by atoms with Crippen molar-refractivity contribution >= 4 is 23.7 Å². The molecule has 10 nitrogen and oxygen atoms in total. The third-order valence-electron chi connectivity index (χ3n) is 4.69. The number of methoxy groups -OCH3 is 3. The van der Waals surface area contributed by atoms with Gasteiger partial charge in [-0.15, -0.1) is 0 Å². The number of carboxylic acids is 1. The normalized spacial score (nSPS) is 13.2. The number of ether oxygens (including phenoxy) is 5. The number of fused-ring (bicyclic) bond motifs is 1. The molecule has 174 valence electrons. The van der Waals surface area contributed by atoms with E-state index in [9.17, 15) is 14.4 Å². The zero-order valence-corrected chi connectivity index (χ0v) is 18.3. The maximum Gasteiger partial charge on any atom is 0.305 e. The van der Waals surface area contributed by atoms with E-state index >= 15 is 0 Å². The van der Waals surface area contributed by atoms with Crippen LogP contribution >= 0.6 is 0 Å². The van der Waals surface area contributed by atoms with E-state index in [-0.39, 0.29) is 36.9 Å². The fraction of sp³-hybridized carbons (Fsp3) is 0.261. The minimum Gasteiger partial charge on any atom is -0.493 e. The molecule has 2 aromatic rings. The molecule has 0 aromatic heterocycles. The second-order valence-corrected chi connectivity index (χ2v) is 6.80. The SMILES string of the molecule is COc1ccc(C=C2Oc3cc(OCC(=O)NCCC(=O)O)ccc3C2=O)c(OC)c1OC. The number of carbonyl (C=O) groups is 3. The summed E-state index contributed by atoms with van der Waals surface area (Å²) in [5.74, 6) is 0.144. The fourth-order valence-electron chi connectivity index (χ4n) is 3.15. The molecule has 0 aliphatic carbocycles. The Labute approximate surface area is 189 Å². The first kappa shape index (κ1) is 23.5. The van der Waals surface area contributed by atoms with Crippen molar-refractivity contribution in [2.24, 2.45) is 0 Å². The monoisotopic (exact) mass is 457 g/mol. The van der Waals surface area contributed by atoms with Crippen LogP contribution in [0.2, 0.25) is 0 Å². The van der Waals surface area contributed by atoms with Crippen molar-refractivity contribution in [3.05, 3.63) is 47.2 Å². The number of Topliss-reactive ketones (excluding diaryl/α,β-unsaturated/α-hetero) is 1. The molecule has 1 amide bonds. The predicted octanol–water partition coefficient (Wildman–Crippen LogP) is 2.30. The van der Waals surface area contributed by atoms with Gasteiger partial charge < -0.3 is 34.1 Å². The van der Waals surface area contributed by atoms with E-state index in [0.29, 0.717) is 34.1 Å². The summed E-state index contributed by atoms with van der Waals surface area (Å²) in [6, 6.07) is 8.00. The van der Waals surface area contributed by atoms with E-state index in [1.807, 2.05) is 0 Å². The van der Waals surface area contributed by atoms with Crippen molar-refractivity contribution < 1.29 is 43.2 Å². The molecule has 2 aromatic carbocycles. The number of carbonyl (C=O) groups excluding carboxylic acids is 2. The lowest BCUT2D eigenvalue weighted by molar-refractivity contribution is -0.137. The van der Waals surface area contributed by atoms with Crippen LogP contribution in [0.4, 0.5) is 0 Å². The molecular weight excluding hydrogens is 434 g/mol. The maximum atomic E-state index is 12.8. The van der Waals surface area contributed by atoms with Gasteiger partial charge in [0.1, 0.15) is 11.5 Å². The average Bonchev–Trinajstić information content (AvgIpc) is 3.11. The predicted molar refractivity (Wildman–Crippen MR) is 116 cm³/mol. The van der Waals surface area contributed by atoms with Crippen LogP contribution in [-0.2, 0) is 9.59 Å². The topological polar surface area (TPSA) is 130 Å². The zero-order chi connectivity index (χ0) is 24.0. The summed E-state index contributed by atoms with van der Waals surface area (Å²) < 4.78 is 27.2. The summed E-state index contributed by atoms with van der Waals surface area (Å²) in [6.45, 7) is -0.301. The van der Waals surface area contributed by atoms with Gasteiger partial charge in [-0.1, -0.05) is 0 Å². The molecule has 10 heteroatoms. The number of carboxylic acid groups (broad SMARTS) is 1. The number of benzene rings is 2. The second-order valence-electron chi connectivity index (χ2n) is 6.80. The van der Waals surface area contributed by atoms with Gasteiger partial charge in [0.2, 0.25) is 11.5 Å². The van der Waals surface area contributed by atoms with E-state index in [0.717, 1.165) is 0 Å². The van der Waals surface area contributed by atoms with Crippen LogP contribution in [0.15, 0.2) is 36.1 Å². The lowest BCUT2D eigenvalue weighted by atomic mass is 10.1. The van der Waals surface area contributed by atoms with Crippen molar-refractivity contribution in [1.82, 2.24) is 5.32 Å². The molecule has 0 radical (unpaired) electrons. The van der Waals surface area contributed by atoms with Gasteiger partial charge in [0.25, 0.3) is 5.91 Å². The van der Waals surface area contributed by atoms with Crippen LogP contribution in [0.3, 0.4) is 0 Å². The van der Waals surface area contributed by atoms with Crippen molar-refractivity contribution in [1.29, 1.82) is 0 Å². The number of amides is 1. The molecule has 0 bridgehead atoms. The molecule has 0 unspecified atom stereocenters. The molecule has 0 atom stereocenters. The van der Waals surface area contributed by atoms with Gasteiger partial charge >= 0.3 is 5.97 Å². The number of ketones is 1. The Bertz CT molecular complexity index is 1110. The van der Waals surface area contributed by atoms with Crippen LogP contribution < -0.4 is 29.0 Å². The highest BCUT2D eigenvalue weighted by atomic mass is 16.5. The lowest BCUT2D eigenvalue weighted by Gasteiger charge is -2.14. The molecule has 1 heterocycles. The van der Waals surface area contributed by atoms with E-state index < -0.39 is 11.9 Å². The third-order valence-corrected chi connectivity index (χ3v) is 4.69. The van der Waals surface area contributed by atoms with Crippen molar-refractivity contribution in [3.8, 4) is 28.7 Å². The summed E-state index contributed by atoms with van der Waals surface area (Å²) >= 11 is 0. The summed E-state index contributed by atoms with van der Waals surface area (Å²) in [7, 11) is 4.47. The summed E-state index contributed by atoms with van der Waals surface area (Å²) in [4.78, 5) is 35.0. The highest BCUT2D eigenvalue weighted by molar-refractivity contribution is 6.14. The zero-order valence-electron chi connectivity index (χ0n) is 18.3. The van der Waals surface area contributed by atoms with E-state index in [2.05, 4.69) is 5.32 Å². The average molecular weight is 457 g/mol. The first-order valence-corrected chi connectivity index (χ1v) is 9.86. The van der Waals surface area contributed by atoms with Gasteiger partial charge in [0.15, 0.2) is 23.9 Å². The first-order chi connectivity index (χ1) is 15.9. The fourth-order valence-corrected chi connectivity index (χ4v) is 3.15. The summed E-state index contributed by atoms with van der Waals surface area (Å²) in [6.07, 6.45) is 1.36. The Hall–Kier alpha value is -4.21. The van der Waals surface area contributed by atoms with Gasteiger partial charge in [-0.25, -0.2) is 0 Å². The number of rotatable bonds is 10. The molecule has 1 aliphatic rings. The third kappa shape index (κ3) is 5.35. The van der Waals surface area contributed by atoms with Crippen LogP contribution in [0, 0.1) is 0 Å². The molecule has 1 aliphatic heterocycles. The van der Waals surface area contributed by atoms with Crippen LogP contribution in [0.5, 0.6) is 28.7 Å². The number of aliphatic carboxylic acids is 1. The molecule has 0 fully saturated rings. The molecule has 2 N–H and O–H groups in total. The first-order valence-electron chi connectivity index (χ1n) is 9.86. The Balaban J connectivity index is 1.74. The van der Waals surface area contributed by atoms with Gasteiger partial charge in [-0.3, -0.25) is 14.4 Å². The summed E-state index contributed by atoms with van der Waals surface area (Å²) in [5.41, 5.74) is 0.903. The van der Waals surface area contributed by atoms with E-state index in [4.69, 9.17) is 28.8 Å². The number of hydrogen-bond acceptors (Lipinski definition) is 8. The van der Waals surface area contributed by atoms with E-state index in [1.54, 1.807) is 30.3 Å². The number of allylic oxidation sites excluding steroid dienone is 1. The molecule has 0 saturated carbocycles. The Morgan fingerprint density at radius 3 is 2.48 bits per heavy atom. The number of nitrogens with one attached hydrogen (secondary N) is 1. The molecule has 0 spiro atoms. The van der Waals surface area contributed by atoms with Gasteiger partial charge in [-0.05, 0) is 30.3 Å². The van der Waals surface area contributed by atoms with Crippen molar-refractivity contribution in [3.63, 3.8) is 0 Å². The highest BCUT2D eigenvalue weighted by Crippen LogP contribution is 2.42. The molecule has 33 heavy (non-hydrogen) atoms. The molecule has 0 saturated heterocycles. The second kappa shape index (κ2) is 10.4. The lowest BCUT2D eigenvalue weighted by Crippen LogP contribution is -2.30. The molecular formula is C23H23NO9. The Kier molecular flexibility index (Phi) is 7.39. The number of hydrogen-bond donors (Lipinski definition) is 2. The standard InChI is InChI=1S/C23H23NO9/c1-29-16-7-4-13(22(30-2)23(16)31-3)10-18-21(28)15-6-5-14(11-17(15)33-18)32-12-19(25)24-9-8-20(26)27/h4-7,10-11H,8-9,12H2,1-3H3,(H,24,25)(H,26,27). The van der Waals surface area contributed by atoms with Crippen molar-refractivity contribution in [2.45, 2.75) is 6.42 Å². The minimum atomic E-state index is -1.01. The smallest absolute Gasteiger partial charge is 0.305 e. The maximum absolute atomic E-state index is 12.8. The van der Waals surface area contributed by atoms with Gasteiger partial charge in [0, 0.05) is 18.2 Å². The highest BCUT2D eigenvalue weighted by Gasteiger charge is 2.28. The van der Waals surface area contributed by atoms with Crippen LogP contribution in [0.1, 0.15) is 22.3 Å². The van der Waals surface area contributed by atoms with Crippen molar-refractivity contribution in [2.75, 3.05) is 34.5 Å². The Morgan fingerprint density at radius 1 is 1.06 bits per heavy atom. The quantitative estimate of drug-likeness (QED) is 0.516. The largest absolute Gasteiger partial charge is 0.493 e. The summed E-state index contributed by atoms with van der Waals surface area (Å²) in [5, 5.41) is 11.0. The Morgan fingerprint density at radius 2 is 1.82 bits per heavy atom. The van der Waals surface area contributed by atoms with Gasteiger partial charge in [0.05, 0.1) is 33.3 Å². The van der Waals surface area contributed by atoms with E-state index in [1.165, 1.54) is 27.4 Å².